The van der Waals surface area contributed by atoms with Gasteiger partial charge in [0, 0.05) is 6.92 Å². The maximum Gasteiger partial charge on any atom is 0.461 e. The molecule has 0 heterocycles. The first-order chi connectivity index (χ1) is 4.74. The fraction of sp³-hybridized carbons (Fsp3) is 0.600. The van der Waals surface area contributed by atoms with E-state index in [9.17, 15) is 4.79 Å². The van der Waals surface area contributed by atoms with E-state index in [0.717, 1.165) is 0 Å². The van der Waals surface area contributed by atoms with Gasteiger partial charge in [-0.25, -0.2) is 4.79 Å². The number of rotatable bonds is 2. The van der Waals surface area contributed by atoms with Crippen LogP contribution < -0.4 is 5.43 Å². The normalized spacial score (nSPS) is 10.9. The molecule has 0 radical (unpaired) electrons. The third-order valence-corrected chi connectivity index (χ3v) is 1.51. The number of amides is 1. The maximum absolute atomic E-state index is 10.5. The van der Waals surface area contributed by atoms with Gasteiger partial charge in [-0.2, -0.15) is 0 Å². The summed E-state index contributed by atoms with van der Waals surface area (Å²) in [5, 5.41) is 0. The number of hydrogen-bond acceptors (Lipinski definition) is 3. The lowest BCUT2D eigenvalue weighted by Crippen LogP contribution is -2.30. The lowest BCUT2D eigenvalue weighted by atomic mass is 10.9. The van der Waals surface area contributed by atoms with Crippen LogP contribution in [0.15, 0.2) is 0 Å². The number of methoxy groups -OCH3 is 1. The smallest absolute Gasteiger partial charge is 0.449 e. The minimum Gasteiger partial charge on any atom is -0.449 e. The second-order valence-electron chi connectivity index (χ2n) is 1.37. The van der Waals surface area contributed by atoms with E-state index in [4.69, 9.17) is 0 Å². The standard InChI is InChI=1S/C5H10N2O2S/c1-4-7(10-3)6-5(8)9-2/h4H,1-3H3/p+1. The van der Waals surface area contributed by atoms with Gasteiger partial charge >= 0.3 is 6.09 Å². The van der Waals surface area contributed by atoms with Crippen LogP contribution in [-0.2, 0) is 4.74 Å². The zero-order valence-corrected chi connectivity index (χ0v) is 7.07. The molecule has 0 spiro atoms. The molecule has 58 valence electrons. The fourth-order valence-electron chi connectivity index (χ4n) is 0.351. The molecule has 0 rings (SSSR count). The van der Waals surface area contributed by atoms with Crippen molar-refractivity contribution in [1.82, 2.24) is 5.43 Å². The van der Waals surface area contributed by atoms with Gasteiger partial charge in [0.05, 0.1) is 13.4 Å². The molecule has 0 aliphatic heterocycles. The number of hydrogen-bond donors (Lipinski definition) is 1. The molecule has 0 aliphatic rings. The van der Waals surface area contributed by atoms with Crippen molar-refractivity contribution < 1.29 is 13.6 Å². The first-order valence-electron chi connectivity index (χ1n) is 2.72. The Balaban J connectivity index is 3.76. The number of carbonyl (C=O) groups excluding carboxylic acids is 1. The highest BCUT2D eigenvalue weighted by Crippen LogP contribution is 1.89. The van der Waals surface area contributed by atoms with Gasteiger partial charge in [0.25, 0.3) is 0 Å². The van der Waals surface area contributed by atoms with Crippen LogP contribution in [0.5, 0.6) is 0 Å². The summed E-state index contributed by atoms with van der Waals surface area (Å²) in [5.41, 5.74) is 2.45. The molecular formula is C5H11N2O2S+. The predicted octanol–water partition coefficient (Wildman–Crippen LogP) is 0.639. The summed E-state index contributed by atoms with van der Waals surface area (Å²) < 4.78 is 5.91. The molecular weight excluding hydrogens is 152 g/mol. The third-order valence-electron chi connectivity index (χ3n) is 0.818. The van der Waals surface area contributed by atoms with Crippen molar-refractivity contribution >= 4 is 24.3 Å². The average Bonchev–Trinajstić information content (AvgIpc) is 1.99. The Morgan fingerprint density at radius 3 is 2.70 bits per heavy atom. The van der Waals surface area contributed by atoms with Gasteiger partial charge in [0.15, 0.2) is 18.2 Å². The summed E-state index contributed by atoms with van der Waals surface area (Å²) in [7, 11) is 1.32. The van der Waals surface area contributed by atoms with Gasteiger partial charge in [0.2, 0.25) is 0 Å². The van der Waals surface area contributed by atoms with Crippen LogP contribution >= 0.6 is 11.9 Å². The minimum atomic E-state index is -0.465. The molecule has 0 aromatic carbocycles. The Labute approximate surface area is 64.4 Å². The van der Waals surface area contributed by atoms with Gasteiger partial charge < -0.3 is 4.74 Å². The molecule has 1 amide bonds. The Kier molecular flexibility index (Phi) is 4.74. The lowest BCUT2D eigenvalue weighted by Gasteiger charge is -1.95. The summed E-state index contributed by atoms with van der Waals surface area (Å²) in [6.45, 7) is 1.81. The highest BCUT2D eigenvalue weighted by atomic mass is 32.2. The summed E-state index contributed by atoms with van der Waals surface area (Å²) in [5.74, 6) is 0. The zero-order valence-electron chi connectivity index (χ0n) is 6.25. The fourth-order valence-corrected chi connectivity index (χ4v) is 0.728. The van der Waals surface area contributed by atoms with Crippen LogP contribution in [-0.4, -0.2) is 29.8 Å². The van der Waals surface area contributed by atoms with Gasteiger partial charge in [-0.05, 0) is 4.09 Å². The van der Waals surface area contributed by atoms with E-state index in [-0.39, 0.29) is 0 Å². The minimum absolute atomic E-state index is 0.465. The molecule has 0 aromatic rings. The average molecular weight is 163 g/mol. The third kappa shape index (κ3) is 3.34. The highest BCUT2D eigenvalue weighted by molar-refractivity contribution is 7.92. The summed E-state index contributed by atoms with van der Waals surface area (Å²) in [6.07, 6.45) is 3.10. The second-order valence-corrected chi connectivity index (χ2v) is 2.13. The van der Waals surface area contributed by atoms with E-state index in [0.29, 0.717) is 0 Å². The number of nitrogens with zero attached hydrogens (tertiary/aromatic N) is 1. The molecule has 10 heavy (non-hydrogen) atoms. The van der Waals surface area contributed by atoms with Crippen molar-refractivity contribution in [3.8, 4) is 0 Å². The number of nitrogens with one attached hydrogen (secondary N) is 1. The summed E-state index contributed by atoms with van der Waals surface area (Å²) in [4.78, 5) is 10.5. The number of carbonyl (C=O) groups is 1. The molecule has 4 nitrogen and oxygen atoms in total. The van der Waals surface area contributed by atoms with Crippen LogP contribution in [0.25, 0.3) is 0 Å². The van der Waals surface area contributed by atoms with E-state index < -0.39 is 6.09 Å². The predicted molar refractivity (Wildman–Crippen MR) is 41.1 cm³/mol. The number of hydrazine groups is 1. The largest absolute Gasteiger partial charge is 0.461 e. The van der Waals surface area contributed by atoms with Crippen molar-refractivity contribution in [3.63, 3.8) is 0 Å². The summed E-state index contributed by atoms with van der Waals surface area (Å²) in [6, 6.07) is 0. The first kappa shape index (κ1) is 9.29. The monoisotopic (exact) mass is 163 g/mol. The van der Waals surface area contributed by atoms with Crippen molar-refractivity contribution in [3.05, 3.63) is 0 Å². The molecule has 0 aliphatic carbocycles. The van der Waals surface area contributed by atoms with E-state index in [1.54, 1.807) is 10.3 Å². The Hall–Kier alpha value is -0.710. The maximum atomic E-state index is 10.5. The van der Waals surface area contributed by atoms with Crippen LogP contribution in [0.1, 0.15) is 6.92 Å². The van der Waals surface area contributed by atoms with Crippen molar-refractivity contribution in [2.75, 3.05) is 13.4 Å². The van der Waals surface area contributed by atoms with E-state index in [1.165, 1.54) is 19.1 Å². The molecule has 1 N–H and O–H groups in total. The molecule has 0 saturated carbocycles. The molecule has 0 unspecified atom stereocenters. The quantitative estimate of drug-likeness (QED) is 0.281. The second kappa shape index (κ2) is 5.10. The van der Waals surface area contributed by atoms with Gasteiger partial charge in [-0.3, -0.25) is 0 Å². The van der Waals surface area contributed by atoms with Gasteiger partial charge in [0.1, 0.15) is 0 Å². The first-order valence-corrected chi connectivity index (χ1v) is 3.90. The molecule has 5 heteroatoms. The van der Waals surface area contributed by atoms with Crippen molar-refractivity contribution in [1.29, 1.82) is 0 Å². The van der Waals surface area contributed by atoms with E-state index in [1.807, 2.05) is 13.2 Å². The molecule has 0 saturated heterocycles. The lowest BCUT2D eigenvalue weighted by molar-refractivity contribution is -0.400. The molecule has 0 fully saturated rings. The molecule has 0 bridgehead atoms. The molecule has 0 aromatic heterocycles. The van der Waals surface area contributed by atoms with Crippen molar-refractivity contribution in [2.24, 2.45) is 0 Å². The van der Waals surface area contributed by atoms with Gasteiger partial charge in [-0.15, -0.1) is 0 Å². The SMILES string of the molecule is CC=[N+](NC(=O)OC)SC. The summed E-state index contributed by atoms with van der Waals surface area (Å²) >= 11 is 1.38. The van der Waals surface area contributed by atoms with Gasteiger partial charge in [-0.1, -0.05) is 5.43 Å². The topological polar surface area (TPSA) is 41.3 Å². The molecule has 0 atom stereocenters. The highest BCUT2D eigenvalue weighted by Gasteiger charge is 2.06. The van der Waals surface area contributed by atoms with Crippen LogP contribution in [0.3, 0.4) is 0 Å². The number of ether oxygens (including phenoxy) is 1. The van der Waals surface area contributed by atoms with Crippen molar-refractivity contribution in [2.45, 2.75) is 6.92 Å². The Bertz CT molecular complexity index is 147. The van der Waals surface area contributed by atoms with E-state index in [2.05, 4.69) is 10.2 Å². The van der Waals surface area contributed by atoms with Crippen LogP contribution in [0.4, 0.5) is 4.79 Å². The Morgan fingerprint density at radius 2 is 2.40 bits per heavy atom. The zero-order chi connectivity index (χ0) is 7.98. The van der Waals surface area contributed by atoms with E-state index >= 15 is 0 Å². The Morgan fingerprint density at radius 1 is 1.80 bits per heavy atom. The van der Waals surface area contributed by atoms with Crippen LogP contribution in [0, 0.1) is 0 Å². The number of hydrazone groups is 1. The van der Waals surface area contributed by atoms with Crippen LogP contribution in [0.2, 0.25) is 0 Å².